The molecule has 1 aliphatic rings. The third kappa shape index (κ3) is 5.27. The fraction of sp³-hybridized carbons (Fsp3) is 0.500. The molecule has 0 unspecified atom stereocenters. The number of phenols is 1. The summed E-state index contributed by atoms with van der Waals surface area (Å²) in [7, 11) is 0. The molecule has 1 aliphatic heterocycles. The summed E-state index contributed by atoms with van der Waals surface area (Å²) in [4.78, 5) is 15.1. The Kier molecular flexibility index (Phi) is 6.61. The van der Waals surface area contributed by atoms with Crippen molar-refractivity contribution in [3.05, 3.63) is 58.1 Å². The Balaban J connectivity index is 1.88. The molecule has 184 valence electrons. The number of Topliss-reactive ketones (excluding diaryl/α,β-unsaturated/α-hetero) is 1. The Morgan fingerprint density at radius 1 is 1.00 bits per heavy atom. The number of benzene rings is 2. The summed E-state index contributed by atoms with van der Waals surface area (Å²) in [6.07, 6.45) is 0. The average Bonchev–Trinajstić information content (AvgIpc) is 3.01. The average molecular weight is 467 g/mol. The van der Waals surface area contributed by atoms with Gasteiger partial charge in [-0.1, -0.05) is 47.6 Å². The van der Waals surface area contributed by atoms with E-state index in [0.717, 1.165) is 22.3 Å². The molecule has 0 saturated heterocycles. The van der Waals surface area contributed by atoms with Crippen molar-refractivity contribution >= 4 is 11.6 Å². The third-order valence-corrected chi connectivity index (χ3v) is 6.17. The lowest BCUT2D eigenvalue weighted by atomic mass is 9.78. The zero-order valence-electron chi connectivity index (χ0n) is 21.7. The van der Waals surface area contributed by atoms with Crippen LogP contribution in [0.3, 0.4) is 0 Å². The molecule has 1 heterocycles. The molecule has 3 N–H and O–H groups in total. The minimum absolute atomic E-state index is 0.0732. The second-order valence-corrected chi connectivity index (χ2v) is 11.9. The summed E-state index contributed by atoms with van der Waals surface area (Å²) < 4.78 is 5.86. The van der Waals surface area contributed by atoms with Crippen molar-refractivity contribution in [2.45, 2.75) is 78.4 Å². The number of rotatable bonds is 6. The lowest BCUT2D eigenvalue weighted by Gasteiger charge is -2.28. The van der Waals surface area contributed by atoms with E-state index in [1.807, 2.05) is 53.7 Å². The predicted molar refractivity (Wildman–Crippen MR) is 135 cm³/mol. The highest BCUT2D eigenvalue weighted by Gasteiger charge is 2.31. The van der Waals surface area contributed by atoms with Crippen LogP contribution in [0.2, 0.25) is 0 Å². The highest BCUT2D eigenvalue weighted by Crippen LogP contribution is 2.40. The maximum atomic E-state index is 13.4. The number of carbonyl (C=O) groups is 1. The van der Waals surface area contributed by atoms with E-state index in [1.165, 1.54) is 0 Å². The van der Waals surface area contributed by atoms with Gasteiger partial charge in [0.1, 0.15) is 22.9 Å². The summed E-state index contributed by atoms with van der Waals surface area (Å²) in [5, 5.41) is 29.1. The maximum Gasteiger partial charge on any atom is 0.182 e. The second-order valence-electron chi connectivity index (χ2n) is 11.9. The fourth-order valence-electron chi connectivity index (χ4n) is 4.12. The number of amidine groups is 1. The van der Waals surface area contributed by atoms with Gasteiger partial charge in [0.2, 0.25) is 0 Å². The minimum Gasteiger partial charge on any atom is -0.507 e. The summed E-state index contributed by atoms with van der Waals surface area (Å²) in [5.74, 6) is 1.02. The van der Waals surface area contributed by atoms with E-state index in [2.05, 4.69) is 0 Å². The van der Waals surface area contributed by atoms with Crippen LogP contribution in [0.15, 0.2) is 30.3 Å². The largest absolute Gasteiger partial charge is 0.507 e. The molecule has 0 radical (unpaired) electrons. The normalized spacial score (nSPS) is 14.4. The van der Waals surface area contributed by atoms with Crippen molar-refractivity contribution in [2.75, 3.05) is 13.2 Å². The first-order chi connectivity index (χ1) is 15.5. The highest BCUT2D eigenvalue weighted by molar-refractivity contribution is 6.05. The molecule has 0 saturated carbocycles. The number of ketones is 1. The number of aromatic hydroxyl groups is 1. The second kappa shape index (κ2) is 8.73. The van der Waals surface area contributed by atoms with Crippen LogP contribution in [-0.4, -0.2) is 45.5 Å². The molecule has 0 aliphatic carbocycles. The number of ether oxygens (including phenoxy) is 1. The summed E-state index contributed by atoms with van der Waals surface area (Å²) >= 11 is 0. The maximum absolute atomic E-state index is 13.4. The number of nitrogens with one attached hydrogen (secondary N) is 1. The van der Waals surface area contributed by atoms with Crippen molar-refractivity contribution in [1.82, 2.24) is 4.90 Å². The number of nitrogens with zero attached hydrogens (tertiary/aromatic N) is 1. The molecule has 2 aromatic carbocycles. The number of hydrogen-bond acceptors (Lipinski definition) is 5. The lowest BCUT2D eigenvalue weighted by molar-refractivity contribution is 0.0412. The van der Waals surface area contributed by atoms with Crippen LogP contribution >= 0.6 is 0 Å². The Morgan fingerprint density at radius 3 is 2.06 bits per heavy atom. The van der Waals surface area contributed by atoms with Gasteiger partial charge in [-0.05, 0) is 54.5 Å². The smallest absolute Gasteiger partial charge is 0.182 e. The first-order valence-corrected chi connectivity index (χ1v) is 11.7. The lowest BCUT2D eigenvalue weighted by Crippen LogP contribution is -2.32. The molecule has 0 spiro atoms. The molecule has 3 rings (SSSR count). The Hall–Kier alpha value is -2.86. The molecule has 6 nitrogen and oxygen atoms in total. The van der Waals surface area contributed by atoms with Gasteiger partial charge in [0, 0.05) is 28.8 Å². The van der Waals surface area contributed by atoms with Crippen LogP contribution in [0.25, 0.3) is 0 Å². The van der Waals surface area contributed by atoms with Crippen LogP contribution in [0.4, 0.5) is 0 Å². The zero-order valence-corrected chi connectivity index (χ0v) is 21.7. The van der Waals surface area contributed by atoms with Gasteiger partial charge in [-0.25, -0.2) is 0 Å². The molecular formula is C28H38N2O4. The fourth-order valence-corrected chi connectivity index (χ4v) is 4.12. The number of fused-ring (bicyclic) bond motifs is 1. The van der Waals surface area contributed by atoms with Gasteiger partial charge in [-0.15, -0.1) is 0 Å². The first kappa shape index (κ1) is 25.8. The molecule has 6 heteroatoms. The summed E-state index contributed by atoms with van der Waals surface area (Å²) in [6, 6.07) is 9.13. The quantitative estimate of drug-likeness (QED) is 0.511. The summed E-state index contributed by atoms with van der Waals surface area (Å²) in [5.41, 5.74) is 2.36. The molecule has 0 amide bonds. The van der Waals surface area contributed by atoms with Gasteiger partial charge in [0.05, 0.1) is 13.2 Å². The molecule has 34 heavy (non-hydrogen) atoms. The van der Waals surface area contributed by atoms with Crippen LogP contribution in [-0.2, 0) is 17.4 Å². The van der Waals surface area contributed by atoms with Crippen LogP contribution in [0.1, 0.15) is 88.0 Å². The van der Waals surface area contributed by atoms with Gasteiger partial charge in [-0.3, -0.25) is 10.2 Å². The first-order valence-electron chi connectivity index (χ1n) is 11.7. The zero-order chi connectivity index (χ0) is 25.6. The Morgan fingerprint density at radius 2 is 1.56 bits per heavy atom. The van der Waals surface area contributed by atoms with Crippen LogP contribution < -0.4 is 4.74 Å². The molecular weight excluding hydrogens is 428 g/mol. The van der Waals surface area contributed by atoms with Crippen molar-refractivity contribution in [1.29, 1.82) is 5.41 Å². The van der Waals surface area contributed by atoms with Gasteiger partial charge in [0.15, 0.2) is 5.78 Å². The third-order valence-electron chi connectivity index (χ3n) is 6.17. The molecule has 2 aromatic rings. The number of aliphatic hydroxyl groups excluding tert-OH is 1. The Labute approximate surface area is 203 Å². The van der Waals surface area contributed by atoms with Crippen LogP contribution in [0, 0.1) is 5.41 Å². The van der Waals surface area contributed by atoms with Crippen LogP contribution in [0.5, 0.6) is 11.5 Å². The molecule has 0 atom stereocenters. The number of carbonyl (C=O) groups excluding carboxylic acids is 1. The Bertz CT molecular complexity index is 1090. The topological polar surface area (TPSA) is 93.9 Å². The molecule has 0 bridgehead atoms. The van der Waals surface area contributed by atoms with E-state index in [-0.39, 0.29) is 41.3 Å². The highest BCUT2D eigenvalue weighted by atomic mass is 16.5. The standard InChI is InChI=1S/C28H38N2O4/c1-26(2,3)21-11-18(12-22(24(21)33)27(4,5)6)23(32)15-30-14-17-9-10-19(13-20(17)25(30)29)34-28(7,8)16-31/h9-13,29,31,33H,14-16H2,1-8H3. The van der Waals surface area contributed by atoms with E-state index in [9.17, 15) is 15.0 Å². The van der Waals surface area contributed by atoms with Gasteiger partial charge < -0.3 is 19.8 Å². The number of aliphatic hydroxyl groups is 1. The predicted octanol–water partition coefficient (Wildman–Crippen LogP) is 5.16. The number of phenolic OH excluding ortho intramolecular Hbond substituents is 1. The molecule has 0 aromatic heterocycles. The number of hydrogen-bond donors (Lipinski definition) is 3. The van der Waals surface area contributed by atoms with Crippen molar-refractivity contribution in [3.8, 4) is 11.5 Å². The SMILES string of the molecule is CC(C)(CO)Oc1ccc2c(c1)C(=N)N(CC(=O)c1cc(C(C)(C)C)c(O)c(C(C)(C)C)c1)C2. The van der Waals surface area contributed by atoms with Gasteiger partial charge in [-0.2, -0.15) is 0 Å². The summed E-state index contributed by atoms with van der Waals surface area (Å²) in [6.45, 7) is 16.1. The van der Waals surface area contributed by atoms with E-state index < -0.39 is 5.60 Å². The van der Waals surface area contributed by atoms with E-state index in [0.29, 0.717) is 17.9 Å². The van der Waals surface area contributed by atoms with Crippen molar-refractivity contribution in [2.24, 2.45) is 0 Å². The van der Waals surface area contributed by atoms with E-state index >= 15 is 0 Å². The van der Waals surface area contributed by atoms with E-state index in [4.69, 9.17) is 10.1 Å². The molecule has 0 fully saturated rings. The van der Waals surface area contributed by atoms with Gasteiger partial charge in [0.25, 0.3) is 0 Å². The van der Waals surface area contributed by atoms with Gasteiger partial charge >= 0.3 is 0 Å². The van der Waals surface area contributed by atoms with Crippen molar-refractivity contribution < 1.29 is 19.7 Å². The van der Waals surface area contributed by atoms with E-state index in [1.54, 1.807) is 36.9 Å². The minimum atomic E-state index is -0.723. The monoisotopic (exact) mass is 466 g/mol. The van der Waals surface area contributed by atoms with Crippen molar-refractivity contribution in [3.63, 3.8) is 0 Å².